The predicted molar refractivity (Wildman–Crippen MR) is 54.6 cm³/mol. The van der Waals surface area contributed by atoms with Crippen LogP contribution in [0.2, 0.25) is 0 Å². The summed E-state index contributed by atoms with van der Waals surface area (Å²) in [6, 6.07) is 1.39. The van der Waals surface area contributed by atoms with E-state index in [4.69, 9.17) is 11.0 Å². The first-order valence-corrected chi connectivity index (χ1v) is 4.90. The minimum absolute atomic E-state index is 0.624. The maximum Gasteiger partial charge on any atom is 0.419 e. The lowest BCUT2D eigenvalue weighted by atomic mass is 9.90. The third-order valence-electron chi connectivity index (χ3n) is 2.43. The van der Waals surface area contributed by atoms with Gasteiger partial charge in [0.15, 0.2) is 11.6 Å². The van der Waals surface area contributed by atoms with Gasteiger partial charge in [-0.25, -0.2) is 8.78 Å². The van der Waals surface area contributed by atoms with Gasteiger partial charge in [0, 0.05) is 0 Å². The van der Waals surface area contributed by atoms with Crippen LogP contribution in [-0.2, 0) is 6.18 Å². The molecule has 0 radical (unpaired) electrons. The number of hydrogen-bond acceptors (Lipinski definition) is 2. The van der Waals surface area contributed by atoms with E-state index in [0.717, 1.165) is 0 Å². The molecular weight excluding hydrogens is 255 g/mol. The fourth-order valence-corrected chi connectivity index (χ4v) is 1.70. The van der Waals surface area contributed by atoms with Gasteiger partial charge in [0.05, 0.1) is 16.8 Å². The van der Waals surface area contributed by atoms with Crippen molar-refractivity contribution in [2.45, 2.75) is 25.9 Å². The summed E-state index contributed by atoms with van der Waals surface area (Å²) in [7, 11) is 0. The number of benzene rings is 1. The van der Waals surface area contributed by atoms with Crippen LogP contribution < -0.4 is 5.73 Å². The van der Waals surface area contributed by atoms with E-state index in [1.165, 1.54) is 19.9 Å². The van der Waals surface area contributed by atoms with Crippen molar-refractivity contribution in [3.8, 4) is 6.07 Å². The van der Waals surface area contributed by atoms with Crippen LogP contribution in [0.3, 0.4) is 0 Å². The van der Waals surface area contributed by atoms with E-state index in [1.807, 2.05) is 0 Å². The van der Waals surface area contributed by atoms with E-state index in [9.17, 15) is 22.0 Å². The van der Waals surface area contributed by atoms with Crippen LogP contribution in [0.4, 0.5) is 27.6 Å². The van der Waals surface area contributed by atoms with Gasteiger partial charge < -0.3 is 5.73 Å². The van der Waals surface area contributed by atoms with Crippen molar-refractivity contribution in [3.05, 3.63) is 28.3 Å². The summed E-state index contributed by atoms with van der Waals surface area (Å²) in [6.45, 7) is 2.67. The van der Waals surface area contributed by atoms with Gasteiger partial charge in [-0.2, -0.15) is 18.4 Å². The van der Waals surface area contributed by atoms with E-state index >= 15 is 0 Å². The molecule has 7 heteroatoms. The van der Waals surface area contributed by atoms with Crippen LogP contribution in [0, 0.1) is 23.0 Å². The standard InChI is InChI=1S/C11H9F5N2/c1-4(2)6-5(3-17)10(18)9(13)8(12)7(6)11(14,15)16/h4H,18H2,1-2H3. The van der Waals surface area contributed by atoms with Crippen LogP contribution in [0.25, 0.3) is 0 Å². The molecule has 0 bridgehead atoms. The number of alkyl halides is 3. The summed E-state index contributed by atoms with van der Waals surface area (Å²) in [5.41, 5.74) is 1.19. The third kappa shape index (κ3) is 2.10. The SMILES string of the molecule is CC(C)c1c(C#N)c(N)c(F)c(F)c1C(F)(F)F. The lowest BCUT2D eigenvalue weighted by Crippen LogP contribution is -2.18. The Morgan fingerprint density at radius 2 is 1.67 bits per heavy atom. The Kier molecular flexibility index (Phi) is 3.51. The average molecular weight is 264 g/mol. The number of nitrogen functional groups attached to an aromatic ring is 1. The summed E-state index contributed by atoms with van der Waals surface area (Å²) < 4.78 is 64.9. The molecule has 18 heavy (non-hydrogen) atoms. The van der Waals surface area contributed by atoms with Crippen molar-refractivity contribution in [1.29, 1.82) is 5.26 Å². The van der Waals surface area contributed by atoms with Crippen LogP contribution >= 0.6 is 0 Å². The lowest BCUT2D eigenvalue weighted by Gasteiger charge is -2.19. The first-order chi connectivity index (χ1) is 8.12. The predicted octanol–water partition coefficient (Wildman–Crippen LogP) is 3.56. The van der Waals surface area contributed by atoms with E-state index in [2.05, 4.69) is 0 Å². The van der Waals surface area contributed by atoms with Crippen molar-refractivity contribution >= 4 is 5.69 Å². The number of nitriles is 1. The fourth-order valence-electron chi connectivity index (χ4n) is 1.70. The smallest absolute Gasteiger partial charge is 0.395 e. The molecule has 0 aliphatic carbocycles. The highest BCUT2D eigenvalue weighted by Gasteiger charge is 2.41. The van der Waals surface area contributed by atoms with E-state index in [1.54, 1.807) is 0 Å². The zero-order chi connectivity index (χ0) is 14.2. The van der Waals surface area contributed by atoms with Crippen LogP contribution in [0.15, 0.2) is 0 Å². The molecule has 0 atom stereocenters. The van der Waals surface area contributed by atoms with Gasteiger partial charge >= 0.3 is 6.18 Å². The Balaban J connectivity index is 3.91. The van der Waals surface area contributed by atoms with Gasteiger partial charge in [-0.1, -0.05) is 13.8 Å². The van der Waals surface area contributed by atoms with E-state index < -0.39 is 46.1 Å². The molecule has 0 heterocycles. The molecule has 98 valence electrons. The minimum atomic E-state index is -5.09. The number of halogens is 5. The molecule has 1 rings (SSSR count). The Labute approximate surface area is 99.8 Å². The molecular formula is C11H9F5N2. The topological polar surface area (TPSA) is 49.8 Å². The summed E-state index contributed by atoms with van der Waals surface area (Å²) in [5.74, 6) is -4.74. The molecule has 0 saturated heterocycles. The van der Waals surface area contributed by atoms with Gasteiger partial charge in [0.25, 0.3) is 0 Å². The number of anilines is 1. The first kappa shape index (κ1) is 14.2. The second kappa shape index (κ2) is 4.44. The molecule has 0 fully saturated rings. The number of nitrogens with zero attached hydrogens (tertiary/aromatic N) is 1. The third-order valence-corrected chi connectivity index (χ3v) is 2.43. The maximum atomic E-state index is 13.4. The fraction of sp³-hybridized carbons (Fsp3) is 0.364. The van der Waals surface area contributed by atoms with Gasteiger partial charge in [-0.05, 0) is 11.5 Å². The molecule has 0 aliphatic heterocycles. The van der Waals surface area contributed by atoms with Crippen LogP contribution in [0.1, 0.15) is 36.5 Å². The molecule has 0 aromatic heterocycles. The summed E-state index contributed by atoms with van der Waals surface area (Å²) in [5, 5.41) is 8.77. The van der Waals surface area contributed by atoms with E-state index in [0.29, 0.717) is 0 Å². The quantitative estimate of drug-likeness (QED) is 0.622. The Morgan fingerprint density at radius 3 is 2.00 bits per heavy atom. The second-order valence-corrected chi connectivity index (χ2v) is 3.97. The van der Waals surface area contributed by atoms with Crippen molar-refractivity contribution < 1.29 is 22.0 Å². The van der Waals surface area contributed by atoms with Crippen molar-refractivity contribution in [3.63, 3.8) is 0 Å². The zero-order valence-electron chi connectivity index (χ0n) is 9.49. The molecule has 0 spiro atoms. The molecule has 0 saturated carbocycles. The Morgan fingerprint density at radius 1 is 1.17 bits per heavy atom. The van der Waals surface area contributed by atoms with Gasteiger partial charge in [-0.15, -0.1) is 0 Å². The first-order valence-electron chi connectivity index (χ1n) is 4.90. The van der Waals surface area contributed by atoms with Crippen LogP contribution in [-0.4, -0.2) is 0 Å². The number of hydrogen-bond donors (Lipinski definition) is 1. The molecule has 0 aliphatic rings. The summed E-state index contributed by atoms with van der Waals surface area (Å²) in [6.07, 6.45) is -5.09. The minimum Gasteiger partial charge on any atom is -0.395 e. The molecule has 1 aromatic rings. The number of rotatable bonds is 1. The largest absolute Gasteiger partial charge is 0.419 e. The highest BCUT2D eigenvalue weighted by Crippen LogP contribution is 2.41. The molecule has 0 unspecified atom stereocenters. The average Bonchev–Trinajstić information content (AvgIpc) is 2.23. The summed E-state index contributed by atoms with van der Waals surface area (Å²) in [4.78, 5) is 0. The second-order valence-electron chi connectivity index (χ2n) is 3.97. The summed E-state index contributed by atoms with van der Waals surface area (Å²) >= 11 is 0. The Bertz CT molecular complexity index is 526. The molecule has 0 amide bonds. The highest BCUT2D eigenvalue weighted by molar-refractivity contribution is 5.63. The van der Waals surface area contributed by atoms with E-state index in [-0.39, 0.29) is 0 Å². The molecule has 2 N–H and O–H groups in total. The number of nitrogens with two attached hydrogens (primary N) is 1. The van der Waals surface area contributed by atoms with Crippen molar-refractivity contribution in [2.75, 3.05) is 5.73 Å². The van der Waals surface area contributed by atoms with Gasteiger partial charge in [0.2, 0.25) is 0 Å². The molecule has 2 nitrogen and oxygen atoms in total. The van der Waals surface area contributed by atoms with Crippen LogP contribution in [0.5, 0.6) is 0 Å². The van der Waals surface area contributed by atoms with Crippen molar-refractivity contribution in [2.24, 2.45) is 0 Å². The Hall–Kier alpha value is -1.84. The lowest BCUT2D eigenvalue weighted by molar-refractivity contribution is -0.141. The zero-order valence-corrected chi connectivity index (χ0v) is 9.49. The molecule has 1 aromatic carbocycles. The highest BCUT2D eigenvalue weighted by atomic mass is 19.4. The van der Waals surface area contributed by atoms with Gasteiger partial charge in [0.1, 0.15) is 6.07 Å². The maximum absolute atomic E-state index is 13.4. The normalized spacial score (nSPS) is 11.7. The van der Waals surface area contributed by atoms with Gasteiger partial charge in [-0.3, -0.25) is 0 Å². The monoisotopic (exact) mass is 264 g/mol. The van der Waals surface area contributed by atoms with Crippen molar-refractivity contribution in [1.82, 2.24) is 0 Å².